The smallest absolute Gasteiger partial charge is 0.414 e. The van der Waals surface area contributed by atoms with Crippen LogP contribution >= 0.6 is 0 Å². The molecule has 0 aliphatic heterocycles. The average Bonchev–Trinajstić information content (AvgIpc) is 2.10. The Kier molecular flexibility index (Phi) is 4590. The van der Waals surface area contributed by atoms with E-state index in [2.05, 4.69) is 13.8 Å². The number of rotatable bonds is 0. The average molecular weight is 440 g/mol. The Bertz CT molecular complexity index is 164. The monoisotopic (exact) mass is 440 g/mol. The lowest BCUT2D eigenvalue weighted by atomic mass is 10.6. The maximum atomic E-state index is 9.10. The molecule has 0 saturated heterocycles. The molecule has 0 aliphatic carbocycles. The summed E-state index contributed by atoms with van der Waals surface area (Å²) in [7, 11) is 0. The van der Waals surface area contributed by atoms with Gasteiger partial charge in [-0.1, -0.05) is 20.3 Å². The number of carbonyl (C=O) groups is 2. The lowest BCUT2D eigenvalue weighted by molar-refractivity contribution is -0.191. The second kappa shape index (κ2) is 463. The van der Waals surface area contributed by atoms with Crippen molar-refractivity contribution in [3.05, 3.63) is 9.93 Å². The summed E-state index contributed by atoms with van der Waals surface area (Å²) in [5, 5.41) is 14.8. The summed E-state index contributed by atoms with van der Waals surface area (Å²) in [6.45, 7) is 4.25. The van der Waals surface area contributed by atoms with Gasteiger partial charge in [-0.05, 0) is 0 Å². The number of carbonyl (C=O) groups excluding carboxylic acids is 2. The minimum atomic E-state index is -1.82. The standard InChI is InChI=1S/C3H8.C2H2O4.CO2.O2.3H2O.11O/c1-3-2;3-1(4)2(5)6;2-1-3;1-2;;;;;;;;;;;;;;/h3H2,1-2H3;(H,3,4)(H,5,6);;;3*1H2;;;;;;;;;;;/q;;;;;;;11*-2. The fraction of sp³-hybridized carbons (Fsp3) is 0.500. The van der Waals surface area contributed by atoms with Gasteiger partial charge in [0.05, 0.1) is 0 Å². The first kappa shape index (κ1) is 278. The number of aliphatic carboxylic acids is 2. The topological polar surface area (TPSA) is 551 Å². The van der Waals surface area contributed by atoms with Crippen molar-refractivity contribution < 1.29 is 106 Å². The van der Waals surface area contributed by atoms with E-state index in [1.54, 1.807) is 0 Å². The van der Waals surface area contributed by atoms with Gasteiger partial charge >= 0.3 is 18.1 Å². The van der Waals surface area contributed by atoms with Crippen molar-refractivity contribution in [1.82, 2.24) is 0 Å². The van der Waals surface area contributed by atoms with Gasteiger partial charge in [-0.15, -0.1) is 0 Å². The lowest BCUT2D eigenvalue weighted by Crippen LogP contribution is -2.09. The molecule has 0 rings (SSSR count). The summed E-state index contributed by atoms with van der Waals surface area (Å²) in [4.78, 5) is 48.4. The van der Waals surface area contributed by atoms with Gasteiger partial charge < -0.3 is 86.9 Å². The van der Waals surface area contributed by atoms with Crippen LogP contribution < -0.4 is 0 Å². The molecule has 0 amide bonds. The molecule has 0 atom stereocenters. The van der Waals surface area contributed by atoms with E-state index in [9.17, 15) is 0 Å². The van der Waals surface area contributed by atoms with Gasteiger partial charge in [0.2, 0.25) is 0 Å². The van der Waals surface area contributed by atoms with Crippen LogP contribution in [0.15, 0.2) is 0 Å². The van der Waals surface area contributed by atoms with E-state index in [0.717, 1.165) is 0 Å². The molecule has 0 fully saturated rings. The molecule has 0 heterocycles. The van der Waals surface area contributed by atoms with Gasteiger partial charge in [-0.25, -0.2) is 9.59 Å². The molecule has 0 saturated carbocycles. The molecule has 194 valence electrons. The zero-order chi connectivity index (χ0) is 12.6. The van der Waals surface area contributed by atoms with Crippen LogP contribution in [0.1, 0.15) is 20.3 Å². The van der Waals surface area contributed by atoms with E-state index in [4.69, 9.17) is 39.3 Å². The van der Waals surface area contributed by atoms with Gasteiger partial charge in [0.25, 0.3) is 0 Å². The van der Waals surface area contributed by atoms with E-state index < -0.39 is 11.9 Å². The predicted octanol–water partition coefficient (Wildman–Crippen LogP) is -3.73. The molecule has 0 aromatic rings. The third-order valence-electron chi connectivity index (χ3n) is 0.183. The van der Waals surface area contributed by atoms with Crippen LogP contribution in [-0.4, -0.2) is 44.7 Å². The SMILES string of the molecule is CCC.O.O.O.O=C(O)C(=O)O.O=C=O.O=O.[O-2].[O-2].[O-2].[O-2].[O-2].[O-2].[O-2].[O-2].[O-2].[O-2].[O-2]. The fourth-order valence-corrected chi connectivity index (χ4v) is 0. The van der Waals surface area contributed by atoms with Crippen molar-refractivity contribution in [3.63, 3.8) is 0 Å². The van der Waals surface area contributed by atoms with Crippen LogP contribution in [0.4, 0.5) is 0 Å². The first-order valence-corrected chi connectivity index (χ1v) is 3.09. The first-order valence-electron chi connectivity index (χ1n) is 3.09. The van der Waals surface area contributed by atoms with Crippen LogP contribution in [-0.2, 0) is 79.4 Å². The van der Waals surface area contributed by atoms with Crippen LogP contribution in [0.3, 0.4) is 0 Å². The van der Waals surface area contributed by atoms with Gasteiger partial charge in [0.1, 0.15) is 0 Å². The maximum Gasteiger partial charge on any atom is 0.414 e. The van der Waals surface area contributed by atoms with E-state index in [1.807, 2.05) is 0 Å². The highest BCUT2D eigenvalue weighted by Crippen LogP contribution is 1.56. The Morgan fingerprint density at radius 2 is 0.607 bits per heavy atom. The molecule has 0 aromatic heterocycles. The molecule has 0 aromatic carbocycles. The van der Waals surface area contributed by atoms with E-state index in [1.165, 1.54) is 6.42 Å². The van der Waals surface area contributed by atoms with Crippen molar-refractivity contribution >= 4 is 18.1 Å². The van der Waals surface area contributed by atoms with Crippen LogP contribution in [0, 0.1) is 9.93 Å². The second-order valence-electron chi connectivity index (χ2n) is 1.40. The van der Waals surface area contributed by atoms with Crippen molar-refractivity contribution in [2.45, 2.75) is 20.3 Å². The van der Waals surface area contributed by atoms with Crippen LogP contribution in [0.25, 0.3) is 0 Å². The fourth-order valence-electron chi connectivity index (χ4n) is 0. The minimum absolute atomic E-state index is 0. The first-order chi connectivity index (χ1) is 6.47. The molecule has 22 nitrogen and oxygen atoms in total. The highest BCUT2D eigenvalue weighted by atomic mass is 16.7. The molecule has 0 aliphatic rings. The van der Waals surface area contributed by atoms with Crippen LogP contribution in [0.5, 0.6) is 0 Å². The molecular formula is C6H16O22-22. The van der Waals surface area contributed by atoms with Crippen molar-refractivity contribution in [2.24, 2.45) is 0 Å². The van der Waals surface area contributed by atoms with Gasteiger partial charge in [0.15, 0.2) is 0 Å². The van der Waals surface area contributed by atoms with Crippen molar-refractivity contribution in [2.75, 3.05) is 0 Å². The number of carboxylic acid groups (broad SMARTS) is 2. The van der Waals surface area contributed by atoms with Gasteiger partial charge in [-0.2, -0.15) is 9.59 Å². The molecule has 0 spiro atoms. The molecule has 22 heteroatoms. The largest absolute Gasteiger partial charge is 2.00 e. The third-order valence-corrected chi connectivity index (χ3v) is 0.183. The number of hydrogen-bond acceptors (Lipinski definition) is 6. The zero-order valence-electron chi connectivity index (χ0n) is 13.5. The zero-order valence-corrected chi connectivity index (χ0v) is 13.5. The normalized spacial score (nSPS) is 2.64. The molecular weight excluding hydrogens is 424 g/mol. The molecule has 0 radical (unpaired) electrons. The minimum Gasteiger partial charge on any atom is -2.00 e. The molecule has 8 N–H and O–H groups in total. The Morgan fingerprint density at radius 3 is 0.607 bits per heavy atom. The highest BCUT2D eigenvalue weighted by molar-refractivity contribution is 6.27. The Labute approximate surface area is 155 Å². The van der Waals surface area contributed by atoms with Crippen molar-refractivity contribution in [3.8, 4) is 0 Å². The summed E-state index contributed by atoms with van der Waals surface area (Å²) in [6.07, 6.45) is 1.50. The quantitative estimate of drug-likeness (QED) is 0.351. The van der Waals surface area contributed by atoms with Crippen LogP contribution in [0.2, 0.25) is 0 Å². The number of carboxylic acids is 2. The van der Waals surface area contributed by atoms with E-state index in [0.29, 0.717) is 0 Å². The maximum absolute atomic E-state index is 9.10. The summed E-state index contributed by atoms with van der Waals surface area (Å²) in [5.41, 5.74) is 0. The second-order valence-corrected chi connectivity index (χ2v) is 1.40. The highest BCUT2D eigenvalue weighted by Gasteiger charge is 2.04. The van der Waals surface area contributed by atoms with Gasteiger partial charge in [-0.3, -0.25) is 0 Å². The Hall–Kier alpha value is -2.64. The summed E-state index contributed by atoms with van der Waals surface area (Å²) in [5.74, 6) is -3.65. The summed E-state index contributed by atoms with van der Waals surface area (Å²) in [6, 6.07) is 0. The molecule has 0 bridgehead atoms. The lowest BCUT2D eigenvalue weighted by Gasteiger charge is -2.00. The predicted molar refractivity (Wildman–Crippen MR) is 61.4 cm³/mol. The third kappa shape index (κ3) is 6310. The number of hydrogen-bond donors (Lipinski definition) is 2. The Balaban J connectivity index is -0.00000000266. The Morgan fingerprint density at radius 1 is 0.571 bits per heavy atom. The van der Waals surface area contributed by atoms with Crippen molar-refractivity contribution in [1.29, 1.82) is 0 Å². The summed E-state index contributed by atoms with van der Waals surface area (Å²) < 4.78 is 0. The molecule has 0 unspecified atom stereocenters. The summed E-state index contributed by atoms with van der Waals surface area (Å²) >= 11 is 0. The van der Waals surface area contributed by atoms with Gasteiger partial charge in [0, 0.05) is 9.93 Å². The van der Waals surface area contributed by atoms with E-state index >= 15 is 0 Å². The van der Waals surface area contributed by atoms with E-state index in [-0.39, 0.29) is 82.8 Å². The molecule has 28 heavy (non-hydrogen) atoms.